The minimum atomic E-state index is -3.78. The van der Waals surface area contributed by atoms with Crippen molar-refractivity contribution in [2.24, 2.45) is 0 Å². The van der Waals surface area contributed by atoms with Gasteiger partial charge in [0.2, 0.25) is 0 Å². The highest BCUT2D eigenvalue weighted by atomic mass is 32.2. The number of ether oxygens (including phenoxy) is 2. The summed E-state index contributed by atoms with van der Waals surface area (Å²) < 4.78 is 38.6. The summed E-state index contributed by atoms with van der Waals surface area (Å²) in [4.78, 5) is 12.1. The monoisotopic (exact) mass is 499 g/mol. The molecular weight excluding hydrogens is 474 g/mol. The molecule has 3 N–H and O–H groups in total. The van der Waals surface area contributed by atoms with Gasteiger partial charge in [-0.1, -0.05) is 12.1 Å². The van der Waals surface area contributed by atoms with Crippen LogP contribution in [0.25, 0.3) is 0 Å². The lowest BCUT2D eigenvalue weighted by Gasteiger charge is -2.12. The molecular formula is C24H25N3O5S2. The highest BCUT2D eigenvalue weighted by Gasteiger charge is 2.14. The van der Waals surface area contributed by atoms with Crippen LogP contribution < -0.4 is 24.8 Å². The molecule has 0 radical (unpaired) electrons. The Balaban J connectivity index is 1.51. The van der Waals surface area contributed by atoms with E-state index in [9.17, 15) is 13.2 Å². The Kier molecular flexibility index (Phi) is 8.44. The van der Waals surface area contributed by atoms with E-state index in [-0.39, 0.29) is 16.6 Å². The fourth-order valence-electron chi connectivity index (χ4n) is 2.90. The maximum absolute atomic E-state index is 12.6. The Morgan fingerprint density at radius 2 is 1.59 bits per heavy atom. The lowest BCUT2D eigenvalue weighted by Crippen LogP contribution is -2.37. The van der Waals surface area contributed by atoms with Crippen molar-refractivity contribution in [3.8, 4) is 11.5 Å². The average molecular weight is 500 g/mol. The first kappa shape index (κ1) is 25.0. The molecule has 0 aliphatic rings. The minimum Gasteiger partial charge on any atom is -0.494 e. The van der Waals surface area contributed by atoms with Crippen LogP contribution in [-0.4, -0.2) is 32.7 Å². The summed E-state index contributed by atoms with van der Waals surface area (Å²) in [5.41, 5.74) is 1.96. The Morgan fingerprint density at radius 3 is 2.24 bits per heavy atom. The normalized spacial score (nSPS) is 10.8. The number of anilines is 2. The molecule has 0 fully saturated rings. The molecule has 34 heavy (non-hydrogen) atoms. The molecule has 10 heteroatoms. The molecule has 0 spiro atoms. The van der Waals surface area contributed by atoms with Crippen LogP contribution in [-0.2, 0) is 14.8 Å². The van der Waals surface area contributed by atoms with Gasteiger partial charge in [0.05, 0.1) is 11.5 Å². The smallest absolute Gasteiger partial charge is 0.264 e. The summed E-state index contributed by atoms with van der Waals surface area (Å²) in [6.45, 7) is 4.13. The lowest BCUT2D eigenvalue weighted by molar-refractivity contribution is -0.121. The largest absolute Gasteiger partial charge is 0.494 e. The number of sulfonamides is 1. The van der Waals surface area contributed by atoms with Crippen molar-refractivity contribution in [2.45, 2.75) is 18.7 Å². The average Bonchev–Trinajstić information content (AvgIpc) is 2.79. The Morgan fingerprint density at radius 1 is 0.912 bits per heavy atom. The zero-order valence-electron chi connectivity index (χ0n) is 18.7. The van der Waals surface area contributed by atoms with Crippen LogP contribution >= 0.6 is 12.2 Å². The molecule has 0 aliphatic carbocycles. The SMILES string of the molecule is CCOc1ccc(NS(=O)(=O)c2ccc(NC(=S)NC(=O)COc3cccc(C)c3)cc2)cc1. The van der Waals surface area contributed by atoms with Gasteiger partial charge in [-0.25, -0.2) is 8.42 Å². The number of rotatable bonds is 9. The molecule has 0 heterocycles. The number of carbonyl (C=O) groups is 1. The third kappa shape index (κ3) is 7.46. The first-order chi connectivity index (χ1) is 16.2. The molecule has 3 rings (SSSR count). The van der Waals surface area contributed by atoms with Crippen molar-refractivity contribution in [1.82, 2.24) is 5.32 Å². The molecule has 1 amide bonds. The molecule has 0 aliphatic heterocycles. The second-order valence-electron chi connectivity index (χ2n) is 7.19. The molecule has 0 unspecified atom stereocenters. The van der Waals surface area contributed by atoms with Crippen LogP contribution in [0, 0.1) is 6.92 Å². The number of hydrogen-bond donors (Lipinski definition) is 3. The summed E-state index contributed by atoms with van der Waals surface area (Å²) in [6, 6.07) is 20.0. The van der Waals surface area contributed by atoms with Crippen LogP contribution in [0.1, 0.15) is 12.5 Å². The molecule has 0 atom stereocenters. The summed E-state index contributed by atoms with van der Waals surface area (Å²) >= 11 is 5.15. The molecule has 0 bridgehead atoms. The summed E-state index contributed by atoms with van der Waals surface area (Å²) in [7, 11) is -3.78. The van der Waals surface area contributed by atoms with Gasteiger partial charge in [0.15, 0.2) is 11.7 Å². The van der Waals surface area contributed by atoms with Crippen molar-refractivity contribution in [3.63, 3.8) is 0 Å². The van der Waals surface area contributed by atoms with E-state index in [4.69, 9.17) is 21.7 Å². The van der Waals surface area contributed by atoms with E-state index in [2.05, 4.69) is 15.4 Å². The summed E-state index contributed by atoms with van der Waals surface area (Å²) in [6.07, 6.45) is 0. The van der Waals surface area contributed by atoms with E-state index in [1.165, 1.54) is 12.1 Å². The van der Waals surface area contributed by atoms with Crippen molar-refractivity contribution >= 4 is 44.6 Å². The van der Waals surface area contributed by atoms with Crippen molar-refractivity contribution in [2.75, 3.05) is 23.3 Å². The second kappa shape index (κ2) is 11.5. The Labute approximate surface area is 204 Å². The quantitative estimate of drug-likeness (QED) is 0.381. The van der Waals surface area contributed by atoms with Crippen molar-refractivity contribution < 1.29 is 22.7 Å². The van der Waals surface area contributed by atoms with Gasteiger partial charge in [0, 0.05) is 11.4 Å². The minimum absolute atomic E-state index is 0.0703. The number of amides is 1. The van der Waals surface area contributed by atoms with Crippen LogP contribution in [0.3, 0.4) is 0 Å². The molecule has 0 saturated carbocycles. The summed E-state index contributed by atoms with van der Waals surface area (Å²) in [5, 5.41) is 5.43. The maximum atomic E-state index is 12.6. The first-order valence-corrected chi connectivity index (χ1v) is 12.3. The Hall–Kier alpha value is -3.63. The van der Waals surface area contributed by atoms with Crippen LogP contribution in [0.15, 0.2) is 77.7 Å². The van der Waals surface area contributed by atoms with Gasteiger partial charge in [0.25, 0.3) is 15.9 Å². The number of nitrogens with one attached hydrogen (secondary N) is 3. The standard InChI is InChI=1S/C24H25N3O5S2/c1-3-31-20-11-7-19(8-12-20)27-34(29,30)22-13-9-18(10-14-22)25-24(33)26-23(28)16-32-21-6-4-5-17(2)15-21/h4-15,27H,3,16H2,1-2H3,(H2,25,26,28,33). The summed E-state index contributed by atoms with van der Waals surface area (Å²) in [5.74, 6) is 0.827. The Bertz CT molecular complexity index is 1240. The third-order valence-corrected chi connectivity index (χ3v) is 6.05. The zero-order chi connectivity index (χ0) is 24.6. The fourth-order valence-corrected chi connectivity index (χ4v) is 4.19. The van der Waals surface area contributed by atoms with E-state index >= 15 is 0 Å². The van der Waals surface area contributed by atoms with E-state index in [1.54, 1.807) is 42.5 Å². The second-order valence-corrected chi connectivity index (χ2v) is 9.29. The molecule has 8 nitrogen and oxygen atoms in total. The van der Waals surface area contributed by atoms with Crippen molar-refractivity contribution in [1.29, 1.82) is 0 Å². The van der Waals surface area contributed by atoms with Gasteiger partial charge in [-0.2, -0.15) is 0 Å². The van der Waals surface area contributed by atoms with E-state index in [1.807, 2.05) is 32.0 Å². The van der Waals surface area contributed by atoms with Crippen LogP contribution in [0.2, 0.25) is 0 Å². The predicted molar refractivity (Wildman–Crippen MR) is 136 cm³/mol. The number of hydrogen-bond acceptors (Lipinski definition) is 6. The van der Waals surface area contributed by atoms with Gasteiger partial charge in [0.1, 0.15) is 11.5 Å². The van der Waals surface area contributed by atoms with Gasteiger partial charge in [-0.05, 0) is 92.3 Å². The van der Waals surface area contributed by atoms with E-state index in [0.717, 1.165) is 5.56 Å². The molecule has 3 aromatic carbocycles. The number of aryl methyl sites for hydroxylation is 1. The molecule has 0 aromatic heterocycles. The predicted octanol–water partition coefficient (Wildman–Crippen LogP) is 4.09. The molecule has 3 aromatic rings. The van der Waals surface area contributed by atoms with Gasteiger partial charge in [-0.3, -0.25) is 14.8 Å². The topological polar surface area (TPSA) is 106 Å². The zero-order valence-corrected chi connectivity index (χ0v) is 20.3. The first-order valence-electron chi connectivity index (χ1n) is 10.4. The highest BCUT2D eigenvalue weighted by molar-refractivity contribution is 7.92. The highest BCUT2D eigenvalue weighted by Crippen LogP contribution is 2.21. The lowest BCUT2D eigenvalue weighted by atomic mass is 10.2. The van der Waals surface area contributed by atoms with Crippen LogP contribution in [0.5, 0.6) is 11.5 Å². The molecule has 0 saturated heterocycles. The van der Waals surface area contributed by atoms with Gasteiger partial charge in [-0.15, -0.1) is 0 Å². The van der Waals surface area contributed by atoms with E-state index < -0.39 is 15.9 Å². The number of benzene rings is 3. The molecule has 178 valence electrons. The number of carbonyl (C=O) groups excluding carboxylic acids is 1. The van der Waals surface area contributed by atoms with Gasteiger partial charge >= 0.3 is 0 Å². The van der Waals surface area contributed by atoms with E-state index in [0.29, 0.717) is 29.5 Å². The van der Waals surface area contributed by atoms with Gasteiger partial charge < -0.3 is 14.8 Å². The fraction of sp³-hybridized carbons (Fsp3) is 0.167. The van der Waals surface area contributed by atoms with Crippen molar-refractivity contribution in [3.05, 3.63) is 78.4 Å². The number of thiocarbonyl (C=S) groups is 1. The maximum Gasteiger partial charge on any atom is 0.264 e. The van der Waals surface area contributed by atoms with Crippen LogP contribution in [0.4, 0.5) is 11.4 Å². The third-order valence-electron chi connectivity index (χ3n) is 4.45.